The summed E-state index contributed by atoms with van der Waals surface area (Å²) in [6, 6.07) is -1.85. The lowest BCUT2D eigenvalue weighted by Gasteiger charge is -2.50. The summed E-state index contributed by atoms with van der Waals surface area (Å²) in [5.41, 5.74) is 0. The fourth-order valence-electron chi connectivity index (χ4n) is 15.9. The molecule has 728 valence electrons. The smallest absolute Gasteiger partial charge is 0.217 e. The molecule has 125 heavy (non-hydrogen) atoms. The largest absolute Gasteiger partial charge is 0.394 e. The van der Waals surface area contributed by atoms with Crippen LogP contribution in [0.4, 0.5) is 0 Å². The summed E-state index contributed by atoms with van der Waals surface area (Å²) in [6.45, 7) is -11.6. The van der Waals surface area contributed by atoms with E-state index in [0.29, 0.717) is 0 Å². The van der Waals surface area contributed by atoms with Crippen LogP contribution in [0.1, 0.15) is 6.92 Å². The van der Waals surface area contributed by atoms with Gasteiger partial charge >= 0.3 is 0 Å². The number of amides is 1. The Balaban J connectivity index is 0.949. The average Bonchev–Trinajstić information content (AvgIpc) is 0.905. The van der Waals surface area contributed by atoms with Crippen molar-refractivity contribution in [2.24, 2.45) is 0 Å². The van der Waals surface area contributed by atoms with Crippen molar-refractivity contribution in [3.05, 3.63) is 0 Å². The molecule has 0 radical (unpaired) electrons. The molecule has 11 heterocycles. The van der Waals surface area contributed by atoms with Crippen molar-refractivity contribution in [1.29, 1.82) is 0 Å². The quantitative estimate of drug-likeness (QED) is 0.0297. The molecule has 0 aromatic heterocycles. The van der Waals surface area contributed by atoms with E-state index in [0.717, 1.165) is 6.92 Å². The summed E-state index contributed by atoms with van der Waals surface area (Å²) in [5.74, 6) is -0.904. The molecule has 35 N–H and O–H groups in total. The molecule has 11 rings (SSSR count). The van der Waals surface area contributed by atoms with E-state index in [-0.39, 0.29) is 0 Å². The van der Waals surface area contributed by atoms with Gasteiger partial charge in [-0.05, 0) is 0 Å². The van der Waals surface area contributed by atoms with Gasteiger partial charge in [0.2, 0.25) is 5.91 Å². The summed E-state index contributed by atoms with van der Waals surface area (Å²) in [5, 5.41) is 379. The van der Waals surface area contributed by atoms with Crippen LogP contribution in [-0.2, 0) is 104 Å². The lowest BCUT2D eigenvalue weighted by Crippen LogP contribution is -2.69. The molecule has 11 aliphatic rings. The Morgan fingerprint density at radius 1 is 0.208 bits per heavy atom. The Hall–Kier alpha value is -2.73. The molecule has 0 aliphatic carbocycles. The van der Waals surface area contributed by atoms with Crippen LogP contribution in [0.3, 0.4) is 0 Å². The number of aliphatic hydroxyl groups is 34. The average molecular weight is 1840 g/mol. The van der Waals surface area contributed by atoms with Gasteiger partial charge in [-0.3, -0.25) is 4.79 Å². The second kappa shape index (κ2) is 44.6. The van der Waals surface area contributed by atoms with Gasteiger partial charge in [0.05, 0.1) is 72.7 Å². The standard InChI is InChI=1S/C68H115NO56/c1-13(78)69-25-36(89)51(21(9-77)108-58(25)104)119-64-50(103)53(121-67-57(43(96)32(85)19(7-75)114-67)125-68-56(42(95)31(84)20(8-76)115-68)124-63-48(101)40(93)29(82)17(5-73)112-63)35(88)24(117-64)11-106-60-49(102)52(120-66-55(41(94)30(83)18(6-74)113-66)123-62-47(100)39(92)28(81)16(4-72)111-62)34(87)23(116-60)12-107-65-54(122-61-46(99)38(91)27(80)15(3-71)110-61)44(97)33(86)22(118-65)10-105-59-45(98)37(90)26(79)14(2-70)109-59/h14-68,70-77,79-104H,2-12H2,1H3,(H,69,78)/t14-,15-,16-,17-,18-,19-,20-,21-,22-,23-,24-,25-,26-,27-,28-,29-,30-,31-,32-,33-,34-,35-,36-,37+,38+,39+,40+,41+,42+,43+,44+,45+,46+,47+,48+,49+,50+,51-,52+,53+,54+,55+,56+,57+,58?,59+,60+,61-,62-,63-,64+,65+,66-,67-,68-/m1/s1. The molecule has 0 spiro atoms. The van der Waals surface area contributed by atoms with E-state index in [1.54, 1.807) is 0 Å². The van der Waals surface area contributed by atoms with Gasteiger partial charge in [0, 0.05) is 6.92 Å². The minimum absolute atomic E-state index is 0.904. The number of ether oxygens (including phenoxy) is 21. The number of carbonyl (C=O) groups is 1. The van der Waals surface area contributed by atoms with Crippen LogP contribution >= 0.6 is 0 Å². The van der Waals surface area contributed by atoms with Crippen LogP contribution in [0.2, 0.25) is 0 Å². The highest BCUT2D eigenvalue weighted by atomic mass is 16.8. The highest BCUT2D eigenvalue weighted by molar-refractivity contribution is 5.73. The van der Waals surface area contributed by atoms with Gasteiger partial charge in [-0.2, -0.15) is 0 Å². The maximum Gasteiger partial charge on any atom is 0.217 e. The monoisotopic (exact) mass is 1840 g/mol. The first-order valence-electron chi connectivity index (χ1n) is 39.7. The summed E-state index contributed by atoms with van der Waals surface area (Å²) in [7, 11) is 0. The van der Waals surface area contributed by atoms with Crippen molar-refractivity contribution in [3.63, 3.8) is 0 Å². The van der Waals surface area contributed by atoms with E-state index >= 15 is 0 Å². The number of carbonyl (C=O) groups excluding carboxylic acids is 1. The second-order valence-corrected chi connectivity index (χ2v) is 31.7. The normalized spacial score (nSPS) is 52.7. The van der Waals surface area contributed by atoms with Crippen LogP contribution in [0, 0.1) is 0 Å². The molecule has 0 aromatic rings. The molecule has 0 bridgehead atoms. The van der Waals surface area contributed by atoms with Crippen molar-refractivity contribution in [2.45, 2.75) is 345 Å². The maximum atomic E-state index is 12.7. The van der Waals surface area contributed by atoms with Crippen molar-refractivity contribution in [3.8, 4) is 0 Å². The van der Waals surface area contributed by atoms with Crippen molar-refractivity contribution >= 4 is 5.91 Å². The third kappa shape index (κ3) is 22.0. The summed E-state index contributed by atoms with van der Waals surface area (Å²) in [4.78, 5) is 12.4. The number of aliphatic hydroxyl groups excluding tert-OH is 34. The number of rotatable bonds is 32. The Bertz CT molecular complexity index is 3250. The highest BCUT2D eigenvalue weighted by Gasteiger charge is 2.62. The van der Waals surface area contributed by atoms with E-state index in [2.05, 4.69) is 5.32 Å². The van der Waals surface area contributed by atoms with Crippen LogP contribution in [0.5, 0.6) is 0 Å². The second-order valence-electron chi connectivity index (χ2n) is 31.7. The Labute approximate surface area is 704 Å². The third-order valence-corrected chi connectivity index (χ3v) is 23.4. The SMILES string of the molecule is CC(=O)N[C@H]1C(O)O[C@H](CO)[C@@H](O[C@@H]2O[C@H](CO[C@H]3O[C@H](CO[C@H]4O[C@H](CO[C@H]5O[C@H](CO)[C@@H](O)[C@H](O)[C@@H]5O)[C@@H](O)[C@H](O)[C@@H]4O[C@H]4O[C@H](CO)[C@@H](O)[C@H](O)[C@@H]4O)[C@@H](O)[C@H](O[C@H]4O[C@H](CO)[C@@H](O)[C@H](O)[C@@H]4O[C@H]4O[C@H](CO)[C@@H](O)[C@H](O)[C@@H]4O)[C@@H]3O)[C@@H](O)[C@H](O[C@H]3O[C@H](CO)[C@@H](O)[C@H](O)[C@@H]3O[C@H]3O[C@H](CO)[C@@H](O)[C@H](O)[C@@H]3O[C@H]3O[C@H](CO)[C@@H](O)[C@H](O)[C@@H]3O)[C@@H]2O)[C@@H]1O. The van der Waals surface area contributed by atoms with Gasteiger partial charge in [0.15, 0.2) is 69.2 Å². The lowest BCUT2D eigenvalue weighted by molar-refractivity contribution is -0.408. The van der Waals surface area contributed by atoms with Gasteiger partial charge < -0.3 is 278 Å². The maximum absolute atomic E-state index is 12.7. The zero-order valence-corrected chi connectivity index (χ0v) is 65.7. The number of hydrogen-bond acceptors (Lipinski definition) is 56. The van der Waals surface area contributed by atoms with Gasteiger partial charge in [0.1, 0.15) is 269 Å². The van der Waals surface area contributed by atoms with Gasteiger partial charge in [-0.25, -0.2) is 0 Å². The molecule has 1 unspecified atom stereocenters. The van der Waals surface area contributed by atoms with E-state index < -0.39 is 416 Å². The Morgan fingerprint density at radius 3 is 0.760 bits per heavy atom. The van der Waals surface area contributed by atoms with Crippen molar-refractivity contribution < 1.29 is 278 Å². The van der Waals surface area contributed by atoms with E-state index in [1.807, 2.05) is 0 Å². The summed E-state index contributed by atoms with van der Waals surface area (Å²) in [6.07, 6.45) is -119. The molecule has 0 saturated carbocycles. The van der Waals surface area contributed by atoms with Crippen LogP contribution < -0.4 is 5.32 Å². The molecule has 11 saturated heterocycles. The molecule has 11 aliphatic heterocycles. The Morgan fingerprint density at radius 2 is 0.424 bits per heavy atom. The minimum Gasteiger partial charge on any atom is -0.394 e. The topological polar surface area (TPSA) is 911 Å². The molecule has 57 nitrogen and oxygen atoms in total. The zero-order valence-electron chi connectivity index (χ0n) is 65.7. The van der Waals surface area contributed by atoms with E-state index in [9.17, 15) is 178 Å². The molecule has 0 aromatic carbocycles. The molecule has 1 amide bonds. The van der Waals surface area contributed by atoms with Gasteiger partial charge in [0.25, 0.3) is 0 Å². The third-order valence-electron chi connectivity index (χ3n) is 23.4. The van der Waals surface area contributed by atoms with E-state index in [4.69, 9.17) is 99.5 Å². The molecule has 57 heteroatoms. The molecule has 55 atom stereocenters. The number of hydrogen-bond donors (Lipinski definition) is 35. The molecule has 11 fully saturated rings. The minimum atomic E-state index is -2.64. The van der Waals surface area contributed by atoms with E-state index in [1.165, 1.54) is 0 Å². The molecular weight excluding hydrogens is 1730 g/mol. The predicted molar refractivity (Wildman–Crippen MR) is 374 cm³/mol. The summed E-state index contributed by atoms with van der Waals surface area (Å²) >= 11 is 0. The molecular formula is C68H115NO56. The van der Waals surface area contributed by atoms with Crippen LogP contribution in [0.25, 0.3) is 0 Å². The first kappa shape index (κ1) is 103. The first-order valence-corrected chi connectivity index (χ1v) is 39.7. The first-order chi connectivity index (χ1) is 59.2. The van der Waals surface area contributed by atoms with Gasteiger partial charge in [-0.1, -0.05) is 0 Å². The van der Waals surface area contributed by atoms with Gasteiger partial charge in [-0.15, -0.1) is 0 Å². The number of nitrogens with one attached hydrogen (secondary N) is 1. The van der Waals surface area contributed by atoms with Crippen molar-refractivity contribution in [2.75, 3.05) is 72.7 Å². The zero-order chi connectivity index (χ0) is 91.7. The predicted octanol–water partition coefficient (Wildman–Crippen LogP) is -24.8. The fraction of sp³-hybridized carbons (Fsp3) is 0.985. The van der Waals surface area contributed by atoms with Crippen LogP contribution in [0.15, 0.2) is 0 Å². The highest BCUT2D eigenvalue weighted by Crippen LogP contribution is 2.41. The Kier molecular flexibility index (Phi) is 36.7. The fourth-order valence-corrected chi connectivity index (χ4v) is 15.9. The van der Waals surface area contributed by atoms with Crippen molar-refractivity contribution in [1.82, 2.24) is 5.32 Å². The lowest BCUT2D eigenvalue weighted by atomic mass is 9.94. The van der Waals surface area contributed by atoms with Crippen LogP contribution in [-0.4, -0.2) is 590 Å². The summed E-state index contributed by atoms with van der Waals surface area (Å²) < 4.78 is 123.